The monoisotopic (exact) mass is 184 g/mol. The molecule has 78 valence electrons. The van der Waals surface area contributed by atoms with Gasteiger partial charge in [-0.1, -0.05) is 26.8 Å². The third-order valence-electron chi connectivity index (χ3n) is 2.51. The zero-order chi connectivity index (χ0) is 10.5. The van der Waals surface area contributed by atoms with Crippen LogP contribution in [0.2, 0.25) is 0 Å². The summed E-state index contributed by atoms with van der Waals surface area (Å²) in [6.07, 6.45) is 1.98. The Morgan fingerprint density at radius 1 is 1.54 bits per heavy atom. The molecule has 1 unspecified atom stereocenters. The van der Waals surface area contributed by atoms with Crippen LogP contribution in [0.3, 0.4) is 0 Å². The molecule has 2 N–H and O–H groups in total. The van der Waals surface area contributed by atoms with E-state index in [4.69, 9.17) is 5.73 Å². The minimum absolute atomic E-state index is 0.202. The average molecular weight is 184 g/mol. The van der Waals surface area contributed by atoms with Crippen LogP contribution in [0.5, 0.6) is 0 Å². The summed E-state index contributed by atoms with van der Waals surface area (Å²) in [6.45, 7) is 15.4. The quantitative estimate of drug-likeness (QED) is 0.639. The molecule has 0 aliphatic heterocycles. The van der Waals surface area contributed by atoms with Crippen molar-refractivity contribution in [3.63, 3.8) is 0 Å². The Kier molecular flexibility index (Phi) is 5.26. The highest BCUT2D eigenvalue weighted by molar-refractivity contribution is 4.86. The Hall–Kier alpha value is -0.340. The molecule has 0 radical (unpaired) electrons. The molecule has 0 aromatic rings. The number of nitrogens with two attached hydrogens (primary N) is 1. The predicted octanol–water partition coefficient (Wildman–Crippen LogP) is 1.87. The zero-order valence-corrected chi connectivity index (χ0v) is 9.51. The van der Waals surface area contributed by atoms with Crippen molar-refractivity contribution >= 4 is 0 Å². The maximum absolute atomic E-state index is 5.70. The van der Waals surface area contributed by atoms with Gasteiger partial charge in [0.1, 0.15) is 0 Å². The van der Waals surface area contributed by atoms with E-state index < -0.39 is 0 Å². The lowest BCUT2D eigenvalue weighted by molar-refractivity contribution is 0.169. The fourth-order valence-corrected chi connectivity index (χ4v) is 1.31. The van der Waals surface area contributed by atoms with Crippen molar-refractivity contribution in [1.29, 1.82) is 0 Å². The summed E-state index contributed by atoms with van der Waals surface area (Å²) in [5.74, 6) is 0. The molecule has 0 aliphatic rings. The molecule has 0 saturated heterocycles. The summed E-state index contributed by atoms with van der Waals surface area (Å²) in [5, 5.41) is 0. The minimum atomic E-state index is 0.202. The van der Waals surface area contributed by atoms with Crippen LogP contribution in [0.25, 0.3) is 0 Å². The number of hydrogen-bond donors (Lipinski definition) is 1. The molecule has 0 aromatic carbocycles. The molecule has 0 bridgehead atoms. The molecule has 0 aliphatic carbocycles. The van der Waals surface area contributed by atoms with Crippen LogP contribution in [-0.2, 0) is 0 Å². The van der Waals surface area contributed by atoms with E-state index in [1.165, 1.54) is 0 Å². The number of nitrogens with zero attached hydrogens (tertiary/aromatic N) is 1. The second-order valence-corrected chi connectivity index (χ2v) is 4.41. The maximum atomic E-state index is 5.70. The van der Waals surface area contributed by atoms with Gasteiger partial charge in [-0.05, 0) is 25.4 Å². The van der Waals surface area contributed by atoms with Crippen molar-refractivity contribution in [3.8, 4) is 0 Å². The smallest absolute Gasteiger partial charge is 0.0247 e. The lowest BCUT2D eigenvalue weighted by Gasteiger charge is -2.33. The fraction of sp³-hybridized carbons (Fsp3) is 0.818. The van der Waals surface area contributed by atoms with Crippen LogP contribution < -0.4 is 5.73 Å². The molecule has 0 amide bonds. The number of likely N-dealkylation sites (N-methyl/N-ethyl adjacent to an activating group) is 1. The summed E-state index contributed by atoms with van der Waals surface area (Å²) in [4.78, 5) is 2.39. The predicted molar refractivity (Wildman–Crippen MR) is 59.7 cm³/mol. The van der Waals surface area contributed by atoms with Gasteiger partial charge in [-0.15, -0.1) is 6.58 Å². The minimum Gasteiger partial charge on any atom is -0.330 e. The van der Waals surface area contributed by atoms with E-state index in [2.05, 4.69) is 39.2 Å². The largest absolute Gasteiger partial charge is 0.330 e. The van der Waals surface area contributed by atoms with Gasteiger partial charge in [0.05, 0.1) is 0 Å². The SMILES string of the molecule is C=CC(C)N(CC)CC(C)(C)CN. The number of hydrogen-bond acceptors (Lipinski definition) is 2. The number of rotatable bonds is 6. The fourth-order valence-electron chi connectivity index (χ4n) is 1.31. The third-order valence-corrected chi connectivity index (χ3v) is 2.51. The van der Waals surface area contributed by atoms with Crippen molar-refractivity contribution < 1.29 is 0 Å². The van der Waals surface area contributed by atoms with E-state index in [9.17, 15) is 0 Å². The van der Waals surface area contributed by atoms with Crippen LogP contribution in [0.15, 0.2) is 12.7 Å². The van der Waals surface area contributed by atoms with Crippen molar-refractivity contribution in [2.75, 3.05) is 19.6 Å². The first kappa shape index (κ1) is 12.7. The van der Waals surface area contributed by atoms with Crippen LogP contribution >= 0.6 is 0 Å². The van der Waals surface area contributed by atoms with E-state index in [-0.39, 0.29) is 5.41 Å². The molecular weight excluding hydrogens is 160 g/mol. The van der Waals surface area contributed by atoms with Crippen molar-refractivity contribution in [3.05, 3.63) is 12.7 Å². The van der Waals surface area contributed by atoms with Crippen molar-refractivity contribution in [2.24, 2.45) is 11.1 Å². The van der Waals surface area contributed by atoms with Crippen LogP contribution in [0.1, 0.15) is 27.7 Å². The highest BCUT2D eigenvalue weighted by atomic mass is 15.1. The topological polar surface area (TPSA) is 29.3 Å². The van der Waals surface area contributed by atoms with Gasteiger partial charge < -0.3 is 5.73 Å². The lowest BCUT2D eigenvalue weighted by Crippen LogP contribution is -2.42. The standard InChI is InChI=1S/C11H24N2/c1-6-10(3)13(7-2)9-11(4,5)8-12/h6,10H,1,7-9,12H2,2-5H3. The lowest BCUT2D eigenvalue weighted by atomic mass is 9.92. The Labute approximate surface area is 82.8 Å². The highest BCUT2D eigenvalue weighted by Gasteiger charge is 2.21. The molecule has 0 saturated carbocycles. The van der Waals surface area contributed by atoms with Gasteiger partial charge in [0.2, 0.25) is 0 Å². The molecular formula is C11H24N2. The first-order chi connectivity index (χ1) is 5.96. The summed E-state index contributed by atoms with van der Waals surface area (Å²) in [7, 11) is 0. The van der Waals surface area contributed by atoms with E-state index in [1.54, 1.807) is 0 Å². The van der Waals surface area contributed by atoms with Crippen molar-refractivity contribution in [1.82, 2.24) is 4.90 Å². The van der Waals surface area contributed by atoms with Gasteiger partial charge in [0.15, 0.2) is 0 Å². The van der Waals surface area contributed by atoms with E-state index in [0.29, 0.717) is 6.04 Å². The Morgan fingerprint density at radius 3 is 2.38 bits per heavy atom. The van der Waals surface area contributed by atoms with E-state index in [1.807, 2.05) is 6.08 Å². The van der Waals surface area contributed by atoms with Gasteiger partial charge in [0, 0.05) is 12.6 Å². The second kappa shape index (κ2) is 5.40. The van der Waals surface area contributed by atoms with E-state index >= 15 is 0 Å². The Balaban J connectivity index is 4.19. The molecule has 13 heavy (non-hydrogen) atoms. The van der Waals surface area contributed by atoms with Gasteiger partial charge >= 0.3 is 0 Å². The van der Waals surface area contributed by atoms with Crippen LogP contribution in [0, 0.1) is 5.41 Å². The second-order valence-electron chi connectivity index (χ2n) is 4.41. The first-order valence-electron chi connectivity index (χ1n) is 5.03. The molecule has 0 aromatic heterocycles. The highest BCUT2D eigenvalue weighted by Crippen LogP contribution is 2.16. The summed E-state index contributed by atoms with van der Waals surface area (Å²) >= 11 is 0. The van der Waals surface area contributed by atoms with Gasteiger partial charge in [-0.2, -0.15) is 0 Å². The Morgan fingerprint density at radius 2 is 2.08 bits per heavy atom. The normalized spacial score (nSPS) is 14.6. The zero-order valence-electron chi connectivity index (χ0n) is 9.51. The van der Waals surface area contributed by atoms with Gasteiger partial charge in [-0.25, -0.2) is 0 Å². The Bertz CT molecular complexity index is 152. The molecule has 1 atom stereocenters. The van der Waals surface area contributed by atoms with Gasteiger partial charge in [0.25, 0.3) is 0 Å². The molecule has 0 rings (SSSR count). The average Bonchev–Trinajstić information content (AvgIpc) is 2.13. The molecule has 0 spiro atoms. The summed E-state index contributed by atoms with van der Waals surface area (Å²) < 4.78 is 0. The molecule has 2 heteroatoms. The molecule has 0 heterocycles. The first-order valence-corrected chi connectivity index (χ1v) is 5.03. The van der Waals surface area contributed by atoms with Crippen LogP contribution in [0.4, 0.5) is 0 Å². The maximum Gasteiger partial charge on any atom is 0.0247 e. The third kappa shape index (κ3) is 4.44. The summed E-state index contributed by atoms with van der Waals surface area (Å²) in [5.41, 5.74) is 5.90. The molecule has 0 fully saturated rings. The molecule has 2 nitrogen and oxygen atoms in total. The van der Waals surface area contributed by atoms with E-state index in [0.717, 1.165) is 19.6 Å². The van der Waals surface area contributed by atoms with Gasteiger partial charge in [-0.3, -0.25) is 4.90 Å². The summed E-state index contributed by atoms with van der Waals surface area (Å²) in [6, 6.07) is 0.441. The van der Waals surface area contributed by atoms with Crippen LogP contribution in [-0.4, -0.2) is 30.6 Å². The van der Waals surface area contributed by atoms with Crippen molar-refractivity contribution in [2.45, 2.75) is 33.7 Å².